The second kappa shape index (κ2) is 5.70. The molecule has 0 saturated carbocycles. The van der Waals surface area contributed by atoms with Crippen LogP contribution in [0, 0.1) is 5.82 Å². The van der Waals surface area contributed by atoms with Gasteiger partial charge in [-0.15, -0.1) is 0 Å². The molecule has 1 N–H and O–H groups in total. The monoisotopic (exact) mass is 392 g/mol. The van der Waals surface area contributed by atoms with Crippen LogP contribution >= 0.6 is 43.5 Å². The Hall–Kier alpha value is -0.420. The Morgan fingerprint density at radius 3 is 2.39 bits per heavy atom. The minimum atomic E-state index is -1.06. The predicted molar refractivity (Wildman–Crippen MR) is 77.3 cm³/mol. The molecule has 0 aliphatic heterocycles. The van der Waals surface area contributed by atoms with E-state index < -0.39 is 11.9 Å². The van der Waals surface area contributed by atoms with Gasteiger partial charge in [0.15, 0.2) is 0 Å². The fraction of sp³-hybridized carbons (Fsp3) is 0.0769. The van der Waals surface area contributed by atoms with Gasteiger partial charge in [-0.3, -0.25) is 0 Å². The van der Waals surface area contributed by atoms with Crippen molar-refractivity contribution in [3.05, 3.63) is 67.3 Å². The predicted octanol–water partition coefficient (Wildman–Crippen LogP) is 5.09. The van der Waals surface area contributed by atoms with Crippen molar-refractivity contribution in [1.29, 1.82) is 0 Å². The van der Waals surface area contributed by atoms with Crippen LogP contribution < -0.4 is 0 Å². The van der Waals surface area contributed by atoms with Crippen LogP contribution in [0.25, 0.3) is 0 Å². The van der Waals surface area contributed by atoms with Crippen LogP contribution in [0.1, 0.15) is 17.2 Å². The zero-order valence-electron chi connectivity index (χ0n) is 9.00. The summed E-state index contributed by atoms with van der Waals surface area (Å²) in [5.41, 5.74) is 0.741. The van der Waals surface area contributed by atoms with Gasteiger partial charge in [0.2, 0.25) is 0 Å². The number of hydrogen-bond acceptors (Lipinski definition) is 1. The van der Waals surface area contributed by atoms with E-state index in [0.29, 0.717) is 15.1 Å². The van der Waals surface area contributed by atoms with Gasteiger partial charge >= 0.3 is 0 Å². The molecule has 0 spiro atoms. The Morgan fingerprint density at radius 2 is 1.72 bits per heavy atom. The summed E-state index contributed by atoms with van der Waals surface area (Å²) in [4.78, 5) is 0. The topological polar surface area (TPSA) is 20.2 Å². The standard InChI is InChI=1S/C13H8Br2ClFO/c14-9-4-2-1-3-7(9)13(18)8-5-11(16)10(15)6-12(8)17/h1-6,13,18H. The molecule has 0 aliphatic carbocycles. The van der Waals surface area contributed by atoms with Crippen LogP contribution in [0.5, 0.6) is 0 Å². The molecular weight excluding hydrogens is 386 g/mol. The van der Waals surface area contributed by atoms with Crippen molar-refractivity contribution >= 4 is 43.5 Å². The second-order valence-electron chi connectivity index (χ2n) is 3.71. The molecule has 5 heteroatoms. The Bertz CT molecular complexity index is 589. The first kappa shape index (κ1) is 14.0. The highest BCUT2D eigenvalue weighted by Gasteiger charge is 2.18. The van der Waals surface area contributed by atoms with E-state index in [4.69, 9.17) is 11.6 Å². The molecule has 1 unspecified atom stereocenters. The SMILES string of the molecule is OC(c1cc(Cl)c(Br)cc1F)c1ccccc1Br. The molecule has 0 heterocycles. The summed E-state index contributed by atoms with van der Waals surface area (Å²) in [6.45, 7) is 0. The molecule has 0 bridgehead atoms. The number of benzene rings is 2. The van der Waals surface area contributed by atoms with E-state index in [1.165, 1.54) is 12.1 Å². The average molecular weight is 394 g/mol. The van der Waals surface area contributed by atoms with E-state index in [0.717, 1.165) is 4.47 Å². The summed E-state index contributed by atoms with van der Waals surface area (Å²) in [6.07, 6.45) is -1.06. The number of aliphatic hydroxyl groups excluding tert-OH is 1. The third-order valence-corrected chi connectivity index (χ3v) is 4.45. The van der Waals surface area contributed by atoms with Crippen molar-refractivity contribution in [3.63, 3.8) is 0 Å². The van der Waals surface area contributed by atoms with Crippen LogP contribution in [-0.4, -0.2) is 5.11 Å². The third kappa shape index (κ3) is 2.77. The van der Waals surface area contributed by atoms with Gasteiger partial charge < -0.3 is 5.11 Å². The highest BCUT2D eigenvalue weighted by molar-refractivity contribution is 9.10. The molecule has 1 atom stereocenters. The van der Waals surface area contributed by atoms with E-state index in [-0.39, 0.29) is 5.56 Å². The van der Waals surface area contributed by atoms with E-state index in [1.54, 1.807) is 18.2 Å². The molecule has 0 saturated heterocycles. The van der Waals surface area contributed by atoms with Gasteiger partial charge in [-0.1, -0.05) is 45.7 Å². The van der Waals surface area contributed by atoms with Crippen molar-refractivity contribution in [2.24, 2.45) is 0 Å². The van der Waals surface area contributed by atoms with E-state index in [2.05, 4.69) is 31.9 Å². The molecule has 0 fully saturated rings. The fourth-order valence-corrected chi connectivity index (χ4v) is 2.60. The summed E-state index contributed by atoms with van der Waals surface area (Å²) in [7, 11) is 0. The van der Waals surface area contributed by atoms with Gasteiger partial charge in [-0.25, -0.2) is 4.39 Å². The van der Waals surface area contributed by atoms with Gasteiger partial charge in [-0.05, 0) is 39.7 Å². The molecule has 1 nitrogen and oxygen atoms in total. The van der Waals surface area contributed by atoms with Crippen LogP contribution in [0.4, 0.5) is 4.39 Å². The maximum absolute atomic E-state index is 13.8. The Kier molecular flexibility index (Phi) is 4.43. The van der Waals surface area contributed by atoms with Gasteiger partial charge in [0.1, 0.15) is 11.9 Å². The molecule has 94 valence electrons. The van der Waals surface area contributed by atoms with Crippen LogP contribution in [0.3, 0.4) is 0 Å². The maximum atomic E-state index is 13.8. The van der Waals surface area contributed by atoms with Crippen LogP contribution in [0.15, 0.2) is 45.3 Å². The maximum Gasteiger partial charge on any atom is 0.130 e. The molecule has 2 rings (SSSR count). The van der Waals surface area contributed by atoms with Gasteiger partial charge in [-0.2, -0.15) is 0 Å². The summed E-state index contributed by atoms with van der Waals surface area (Å²) in [5.74, 6) is -0.505. The van der Waals surface area contributed by atoms with E-state index in [9.17, 15) is 9.50 Å². The number of hydrogen-bond donors (Lipinski definition) is 1. The highest BCUT2D eigenvalue weighted by Crippen LogP contribution is 2.33. The summed E-state index contributed by atoms with van der Waals surface area (Å²) >= 11 is 12.4. The minimum Gasteiger partial charge on any atom is -0.384 e. The van der Waals surface area contributed by atoms with Crippen molar-refractivity contribution in [1.82, 2.24) is 0 Å². The smallest absolute Gasteiger partial charge is 0.130 e. The van der Waals surface area contributed by atoms with Crippen molar-refractivity contribution in [2.45, 2.75) is 6.10 Å². The van der Waals surface area contributed by atoms with E-state index in [1.807, 2.05) is 6.07 Å². The lowest BCUT2D eigenvalue weighted by atomic mass is 10.0. The van der Waals surface area contributed by atoms with Crippen LogP contribution in [-0.2, 0) is 0 Å². The average Bonchev–Trinajstić information content (AvgIpc) is 2.33. The van der Waals surface area contributed by atoms with E-state index >= 15 is 0 Å². The Morgan fingerprint density at radius 1 is 1.06 bits per heavy atom. The fourth-order valence-electron chi connectivity index (χ4n) is 1.61. The minimum absolute atomic E-state index is 0.148. The third-order valence-electron chi connectivity index (χ3n) is 2.53. The number of rotatable bonds is 2. The van der Waals surface area contributed by atoms with Gasteiger partial charge in [0.25, 0.3) is 0 Å². The first-order valence-corrected chi connectivity index (χ1v) is 7.04. The zero-order chi connectivity index (χ0) is 13.3. The van der Waals surface area contributed by atoms with Gasteiger partial charge in [0, 0.05) is 14.5 Å². The molecular formula is C13H8Br2ClFO. The number of halogens is 4. The lowest BCUT2D eigenvalue weighted by Gasteiger charge is -2.15. The Labute approximate surface area is 126 Å². The summed E-state index contributed by atoms with van der Waals surface area (Å²) in [5, 5.41) is 10.6. The lowest BCUT2D eigenvalue weighted by Crippen LogP contribution is -2.03. The largest absolute Gasteiger partial charge is 0.384 e. The Balaban J connectivity index is 2.50. The van der Waals surface area contributed by atoms with Crippen molar-refractivity contribution < 1.29 is 9.50 Å². The van der Waals surface area contributed by atoms with Crippen LogP contribution in [0.2, 0.25) is 5.02 Å². The molecule has 0 aliphatic rings. The second-order valence-corrected chi connectivity index (χ2v) is 5.83. The molecule has 0 amide bonds. The normalized spacial score (nSPS) is 12.5. The highest BCUT2D eigenvalue weighted by atomic mass is 79.9. The van der Waals surface area contributed by atoms with Gasteiger partial charge in [0.05, 0.1) is 5.02 Å². The first-order valence-electron chi connectivity index (χ1n) is 5.07. The molecule has 2 aromatic rings. The quantitative estimate of drug-likeness (QED) is 0.704. The summed E-state index contributed by atoms with van der Waals surface area (Å²) < 4.78 is 15.0. The molecule has 0 aromatic heterocycles. The summed E-state index contributed by atoms with van der Waals surface area (Å²) in [6, 6.07) is 9.79. The molecule has 18 heavy (non-hydrogen) atoms. The number of aliphatic hydroxyl groups is 1. The zero-order valence-corrected chi connectivity index (χ0v) is 12.9. The molecule has 0 radical (unpaired) electrons. The first-order chi connectivity index (χ1) is 8.50. The molecule has 2 aromatic carbocycles. The van der Waals surface area contributed by atoms with Crippen molar-refractivity contribution in [2.75, 3.05) is 0 Å². The van der Waals surface area contributed by atoms with Crippen molar-refractivity contribution in [3.8, 4) is 0 Å². The lowest BCUT2D eigenvalue weighted by molar-refractivity contribution is 0.214.